The molecule has 40 heavy (non-hydrogen) atoms. The summed E-state index contributed by atoms with van der Waals surface area (Å²) in [6.45, 7) is 9.64. The number of likely N-dealkylation sites (tertiary alicyclic amines) is 1. The van der Waals surface area contributed by atoms with E-state index in [4.69, 9.17) is 15.5 Å². The van der Waals surface area contributed by atoms with Crippen LogP contribution in [0.15, 0.2) is 48.7 Å². The molecule has 212 valence electrons. The molecular weight excluding hydrogens is 506 g/mol. The number of piperidine rings is 1. The van der Waals surface area contributed by atoms with E-state index in [2.05, 4.69) is 10.3 Å². The summed E-state index contributed by atoms with van der Waals surface area (Å²) < 4.78 is 5.52. The number of rotatable bonds is 7. The lowest BCUT2D eigenvalue weighted by atomic mass is 9.92. The number of aryl methyl sites for hydroxylation is 2. The van der Waals surface area contributed by atoms with E-state index in [-0.39, 0.29) is 18.4 Å². The van der Waals surface area contributed by atoms with Gasteiger partial charge in [0.2, 0.25) is 11.8 Å². The summed E-state index contributed by atoms with van der Waals surface area (Å²) in [6.07, 6.45) is 4.04. The van der Waals surface area contributed by atoms with Crippen LogP contribution in [0, 0.1) is 13.8 Å². The number of ether oxygens (including phenoxy) is 1. The summed E-state index contributed by atoms with van der Waals surface area (Å²) >= 11 is 0. The average molecular weight is 546 g/mol. The maximum atomic E-state index is 14.2. The number of nitrogens with two attached hydrogens (primary N) is 1. The number of amides is 3. The second-order valence-corrected chi connectivity index (χ2v) is 11.4. The molecule has 3 amide bonds. The zero-order chi connectivity index (χ0) is 29.0. The monoisotopic (exact) mass is 545 g/mol. The van der Waals surface area contributed by atoms with Crippen LogP contribution in [0.1, 0.15) is 78.9 Å². The molecule has 2 aromatic carbocycles. The first-order chi connectivity index (χ1) is 18.9. The second-order valence-electron chi connectivity index (χ2n) is 11.4. The number of carbonyl (C=O) groups excluding carboxylic acids is 3. The lowest BCUT2D eigenvalue weighted by Crippen LogP contribution is -2.52. The van der Waals surface area contributed by atoms with Gasteiger partial charge in [-0.15, -0.1) is 0 Å². The predicted molar refractivity (Wildman–Crippen MR) is 154 cm³/mol. The second kappa shape index (κ2) is 11.9. The number of hydrogen-bond acceptors (Lipinski definition) is 5. The average Bonchev–Trinajstić information content (AvgIpc) is 3.39. The molecule has 1 aliphatic rings. The van der Waals surface area contributed by atoms with Gasteiger partial charge in [0.1, 0.15) is 17.5 Å². The minimum absolute atomic E-state index is 0.203. The topological polar surface area (TPSA) is 130 Å². The van der Waals surface area contributed by atoms with E-state index in [9.17, 15) is 14.4 Å². The first-order valence-electron chi connectivity index (χ1n) is 13.7. The van der Waals surface area contributed by atoms with Crippen LogP contribution in [0.2, 0.25) is 0 Å². The lowest BCUT2D eigenvalue weighted by Gasteiger charge is -2.37. The van der Waals surface area contributed by atoms with Gasteiger partial charge < -0.3 is 25.7 Å². The zero-order valence-electron chi connectivity index (χ0n) is 23.9. The van der Waals surface area contributed by atoms with Crippen LogP contribution in [0.4, 0.5) is 4.79 Å². The highest BCUT2D eigenvalue weighted by Gasteiger charge is 2.36. The number of imidazole rings is 1. The van der Waals surface area contributed by atoms with Crippen molar-refractivity contribution in [3.05, 3.63) is 76.7 Å². The SMILES string of the molecule is Cc1cc(C(N)=O)cc(C)c1CC(NC(=O)OC(C)(C)C)C(=O)N1CCCCC1c1nc(-c2ccccc2)c[nH]1. The molecule has 9 nitrogen and oxygen atoms in total. The quantitative estimate of drug-likeness (QED) is 0.385. The van der Waals surface area contributed by atoms with E-state index < -0.39 is 23.6 Å². The Balaban J connectivity index is 1.64. The van der Waals surface area contributed by atoms with E-state index in [1.54, 1.807) is 32.9 Å². The summed E-state index contributed by atoms with van der Waals surface area (Å²) in [5.41, 5.74) is 9.52. The van der Waals surface area contributed by atoms with Crippen molar-refractivity contribution in [3.63, 3.8) is 0 Å². The van der Waals surface area contributed by atoms with Crippen molar-refractivity contribution in [1.82, 2.24) is 20.2 Å². The summed E-state index contributed by atoms with van der Waals surface area (Å²) in [6, 6.07) is 12.2. The summed E-state index contributed by atoms with van der Waals surface area (Å²) in [4.78, 5) is 48.8. The van der Waals surface area contributed by atoms with Crippen LogP contribution in [-0.2, 0) is 16.0 Å². The lowest BCUT2D eigenvalue weighted by molar-refractivity contribution is -0.137. The molecule has 0 aliphatic carbocycles. The Labute approximate surface area is 235 Å². The third-order valence-electron chi connectivity index (χ3n) is 7.15. The van der Waals surface area contributed by atoms with Gasteiger partial charge in [-0.1, -0.05) is 30.3 Å². The Morgan fingerprint density at radius 3 is 2.42 bits per heavy atom. The van der Waals surface area contributed by atoms with Gasteiger partial charge in [-0.05, 0) is 82.7 Å². The first-order valence-corrected chi connectivity index (χ1v) is 13.7. The fourth-order valence-corrected chi connectivity index (χ4v) is 5.26. The largest absolute Gasteiger partial charge is 0.444 e. The van der Waals surface area contributed by atoms with Crippen molar-refractivity contribution < 1.29 is 19.1 Å². The highest BCUT2D eigenvalue weighted by atomic mass is 16.6. The number of primary amides is 1. The van der Waals surface area contributed by atoms with Crippen molar-refractivity contribution >= 4 is 17.9 Å². The highest BCUT2D eigenvalue weighted by molar-refractivity contribution is 5.93. The van der Waals surface area contributed by atoms with Gasteiger partial charge in [0.25, 0.3) is 0 Å². The Bertz CT molecular complexity index is 1350. The number of aromatic nitrogens is 2. The van der Waals surface area contributed by atoms with E-state index >= 15 is 0 Å². The molecule has 0 bridgehead atoms. The predicted octanol–water partition coefficient (Wildman–Crippen LogP) is 4.98. The van der Waals surface area contributed by atoms with Gasteiger partial charge in [0, 0.05) is 30.3 Å². The first kappa shape index (κ1) is 28.9. The third kappa shape index (κ3) is 6.89. The molecule has 2 unspecified atom stereocenters. The zero-order valence-corrected chi connectivity index (χ0v) is 23.9. The van der Waals surface area contributed by atoms with Gasteiger partial charge in [0.05, 0.1) is 11.7 Å². The summed E-state index contributed by atoms with van der Waals surface area (Å²) in [5.74, 6) is 0.00817. The number of hydrogen-bond donors (Lipinski definition) is 3. The van der Waals surface area contributed by atoms with Gasteiger partial charge in [-0.3, -0.25) is 9.59 Å². The van der Waals surface area contributed by atoms with Gasteiger partial charge in [0.15, 0.2) is 0 Å². The minimum Gasteiger partial charge on any atom is -0.444 e. The molecule has 1 aliphatic heterocycles. The molecule has 0 spiro atoms. The fraction of sp³-hybridized carbons (Fsp3) is 0.419. The number of nitrogens with one attached hydrogen (secondary N) is 2. The van der Waals surface area contributed by atoms with Crippen LogP contribution in [-0.4, -0.2) is 51.0 Å². The van der Waals surface area contributed by atoms with Crippen LogP contribution >= 0.6 is 0 Å². The molecule has 3 aromatic rings. The Kier molecular flexibility index (Phi) is 8.61. The summed E-state index contributed by atoms with van der Waals surface area (Å²) in [7, 11) is 0. The van der Waals surface area contributed by atoms with E-state index in [1.165, 1.54) is 0 Å². The molecule has 1 saturated heterocycles. The Morgan fingerprint density at radius 1 is 1.12 bits per heavy atom. The molecule has 0 saturated carbocycles. The van der Waals surface area contributed by atoms with E-state index in [1.807, 2.05) is 55.3 Å². The number of nitrogens with zero attached hydrogens (tertiary/aromatic N) is 2. The van der Waals surface area contributed by atoms with Crippen LogP contribution in [0.25, 0.3) is 11.3 Å². The normalized spacial score (nSPS) is 16.3. The maximum Gasteiger partial charge on any atom is 0.408 e. The molecule has 4 N–H and O–H groups in total. The molecule has 1 aromatic heterocycles. The number of H-pyrrole nitrogens is 1. The van der Waals surface area contributed by atoms with Crippen LogP contribution in [0.5, 0.6) is 0 Å². The standard InChI is InChI=1S/C31H39N5O4/c1-19-15-22(27(32)37)16-20(2)23(19)17-24(35-30(39)40-31(3,4)5)29(38)36-14-10-9-13-26(36)28-33-18-25(34-28)21-11-7-6-8-12-21/h6-8,11-12,15-16,18,24,26H,9-10,13-14,17H2,1-5H3,(H2,32,37)(H,33,34)(H,35,39). The highest BCUT2D eigenvalue weighted by Crippen LogP contribution is 2.32. The van der Waals surface area contributed by atoms with Gasteiger partial charge in [-0.25, -0.2) is 9.78 Å². The van der Waals surface area contributed by atoms with Gasteiger partial charge >= 0.3 is 6.09 Å². The van der Waals surface area contributed by atoms with Gasteiger partial charge in [-0.2, -0.15) is 0 Å². The molecule has 9 heteroatoms. The molecule has 2 atom stereocenters. The van der Waals surface area contributed by atoms with E-state index in [0.29, 0.717) is 12.1 Å². The maximum absolute atomic E-state index is 14.2. The van der Waals surface area contributed by atoms with Crippen molar-refractivity contribution in [2.75, 3.05) is 6.54 Å². The molecule has 2 heterocycles. The van der Waals surface area contributed by atoms with Crippen LogP contribution in [0.3, 0.4) is 0 Å². The number of alkyl carbamates (subject to hydrolysis) is 1. The van der Waals surface area contributed by atoms with Crippen molar-refractivity contribution in [2.45, 2.75) is 78.0 Å². The third-order valence-corrected chi connectivity index (χ3v) is 7.15. The van der Waals surface area contributed by atoms with Crippen molar-refractivity contribution in [2.24, 2.45) is 5.73 Å². The Hall–Kier alpha value is -4.14. The summed E-state index contributed by atoms with van der Waals surface area (Å²) in [5, 5.41) is 2.84. The minimum atomic E-state index is -0.879. The fourth-order valence-electron chi connectivity index (χ4n) is 5.26. The van der Waals surface area contributed by atoms with E-state index in [0.717, 1.165) is 53.0 Å². The number of aromatic amines is 1. The molecule has 0 radical (unpaired) electrons. The molecule has 1 fully saturated rings. The molecular formula is C31H39N5O4. The van der Waals surface area contributed by atoms with Crippen molar-refractivity contribution in [1.29, 1.82) is 0 Å². The molecule has 4 rings (SSSR count). The number of carbonyl (C=O) groups is 3. The number of benzene rings is 2. The smallest absolute Gasteiger partial charge is 0.408 e. The van der Waals surface area contributed by atoms with Crippen molar-refractivity contribution in [3.8, 4) is 11.3 Å². The van der Waals surface area contributed by atoms with Crippen LogP contribution < -0.4 is 11.1 Å². The Morgan fingerprint density at radius 2 is 1.80 bits per heavy atom.